The highest BCUT2D eigenvalue weighted by atomic mass is 19.1. The lowest BCUT2D eigenvalue weighted by molar-refractivity contribution is 0.0735. The van der Waals surface area contributed by atoms with Crippen molar-refractivity contribution in [3.8, 4) is 23.6 Å². The lowest BCUT2D eigenvalue weighted by atomic mass is 10.0. The van der Waals surface area contributed by atoms with Crippen molar-refractivity contribution in [2.24, 2.45) is 0 Å². The van der Waals surface area contributed by atoms with Crippen LogP contribution in [-0.4, -0.2) is 52.5 Å². The first-order chi connectivity index (χ1) is 13.6. The van der Waals surface area contributed by atoms with Gasteiger partial charge in [0.25, 0.3) is 5.88 Å². The first-order valence-corrected chi connectivity index (χ1v) is 9.24. The molecule has 2 aromatic heterocycles. The van der Waals surface area contributed by atoms with Gasteiger partial charge in [-0.15, -0.1) is 10.2 Å². The Kier molecular flexibility index (Phi) is 5.21. The van der Waals surface area contributed by atoms with Gasteiger partial charge in [-0.1, -0.05) is 0 Å². The van der Waals surface area contributed by atoms with Crippen LogP contribution in [0.5, 0.6) is 17.5 Å². The first-order valence-electron chi connectivity index (χ1n) is 9.24. The van der Waals surface area contributed by atoms with E-state index in [0.29, 0.717) is 36.4 Å². The molecule has 0 aromatic carbocycles. The largest absolute Gasteiger partial charge is 0.484 e. The zero-order valence-electron chi connectivity index (χ0n) is 15.5. The number of ether oxygens (including phenoxy) is 3. The van der Waals surface area contributed by atoms with Gasteiger partial charge in [0.2, 0.25) is 5.88 Å². The molecule has 1 unspecified atom stereocenters. The monoisotopic (exact) mass is 385 g/mol. The minimum absolute atomic E-state index is 0.00348. The van der Waals surface area contributed by atoms with E-state index < -0.39 is 0 Å². The van der Waals surface area contributed by atoms with Gasteiger partial charge in [-0.05, 0) is 25.8 Å². The first kappa shape index (κ1) is 18.4. The number of nitriles is 1. The van der Waals surface area contributed by atoms with E-state index in [4.69, 9.17) is 19.5 Å². The van der Waals surface area contributed by atoms with E-state index in [1.165, 1.54) is 6.07 Å². The molecule has 2 aromatic rings. The van der Waals surface area contributed by atoms with E-state index in [-0.39, 0.29) is 23.7 Å². The van der Waals surface area contributed by atoms with Crippen molar-refractivity contribution in [3.63, 3.8) is 0 Å². The number of halogens is 1. The maximum Gasteiger partial charge on any atom is 0.257 e. The van der Waals surface area contributed by atoms with Crippen molar-refractivity contribution in [3.05, 3.63) is 35.4 Å². The molecule has 146 valence electrons. The number of fused-ring (bicyclic) bond motifs is 1. The molecule has 9 heteroatoms. The molecule has 0 amide bonds. The van der Waals surface area contributed by atoms with Crippen LogP contribution in [0.3, 0.4) is 0 Å². The summed E-state index contributed by atoms with van der Waals surface area (Å²) in [7, 11) is 0. The SMILES string of the molecule is CC(c1nc2c(cc1F)OCCO2)N1CCC(Oc2ccc(C#N)nn2)CC1. The third-order valence-electron chi connectivity index (χ3n) is 4.98. The molecular weight excluding hydrogens is 365 g/mol. The van der Waals surface area contributed by atoms with Gasteiger partial charge in [-0.2, -0.15) is 5.26 Å². The van der Waals surface area contributed by atoms with Crippen LogP contribution in [0.2, 0.25) is 0 Å². The fourth-order valence-electron chi connectivity index (χ4n) is 3.43. The summed E-state index contributed by atoms with van der Waals surface area (Å²) in [6.07, 6.45) is 1.56. The molecule has 2 aliphatic rings. The molecule has 0 bridgehead atoms. The Morgan fingerprint density at radius 1 is 1.25 bits per heavy atom. The van der Waals surface area contributed by atoms with Crippen LogP contribution >= 0.6 is 0 Å². The molecule has 0 saturated carbocycles. The summed E-state index contributed by atoms with van der Waals surface area (Å²) >= 11 is 0. The van der Waals surface area contributed by atoms with E-state index in [9.17, 15) is 4.39 Å². The summed E-state index contributed by atoms with van der Waals surface area (Å²) in [5.41, 5.74) is 0.617. The topological polar surface area (TPSA) is 93.4 Å². The maximum atomic E-state index is 14.5. The smallest absolute Gasteiger partial charge is 0.257 e. The minimum atomic E-state index is -0.386. The maximum absolute atomic E-state index is 14.5. The predicted molar refractivity (Wildman–Crippen MR) is 95.6 cm³/mol. The van der Waals surface area contributed by atoms with Crippen LogP contribution in [0.4, 0.5) is 4.39 Å². The van der Waals surface area contributed by atoms with Gasteiger partial charge in [0.05, 0.1) is 11.7 Å². The Bertz CT molecular complexity index is 878. The number of hydrogen-bond acceptors (Lipinski definition) is 8. The molecule has 1 atom stereocenters. The number of nitrogens with zero attached hydrogens (tertiary/aromatic N) is 5. The van der Waals surface area contributed by atoms with Gasteiger partial charge >= 0.3 is 0 Å². The molecule has 4 heterocycles. The van der Waals surface area contributed by atoms with E-state index in [0.717, 1.165) is 25.9 Å². The van der Waals surface area contributed by atoms with Crippen molar-refractivity contribution in [1.29, 1.82) is 5.26 Å². The average molecular weight is 385 g/mol. The van der Waals surface area contributed by atoms with Crippen molar-refractivity contribution in [2.75, 3.05) is 26.3 Å². The van der Waals surface area contributed by atoms with E-state index in [1.807, 2.05) is 13.0 Å². The van der Waals surface area contributed by atoms with E-state index in [1.54, 1.807) is 12.1 Å². The zero-order valence-corrected chi connectivity index (χ0v) is 15.5. The predicted octanol–water partition coefficient (Wildman–Crippen LogP) is 2.26. The summed E-state index contributed by atoms with van der Waals surface area (Å²) < 4.78 is 31.2. The summed E-state index contributed by atoms with van der Waals surface area (Å²) in [6, 6.07) is 6.32. The third-order valence-corrected chi connectivity index (χ3v) is 4.98. The Morgan fingerprint density at radius 3 is 2.75 bits per heavy atom. The van der Waals surface area contributed by atoms with Gasteiger partial charge in [-0.25, -0.2) is 9.37 Å². The fourth-order valence-corrected chi connectivity index (χ4v) is 3.43. The second-order valence-electron chi connectivity index (χ2n) is 6.75. The Morgan fingerprint density at radius 2 is 2.04 bits per heavy atom. The third kappa shape index (κ3) is 3.82. The molecule has 28 heavy (non-hydrogen) atoms. The minimum Gasteiger partial charge on any atom is -0.484 e. The van der Waals surface area contributed by atoms with Crippen LogP contribution in [0.1, 0.15) is 37.2 Å². The van der Waals surface area contributed by atoms with Gasteiger partial charge in [0.15, 0.2) is 11.4 Å². The Balaban J connectivity index is 1.37. The Labute approximate surface area is 161 Å². The van der Waals surface area contributed by atoms with Crippen molar-refractivity contribution in [1.82, 2.24) is 20.1 Å². The number of rotatable bonds is 4. The van der Waals surface area contributed by atoms with Crippen LogP contribution in [0, 0.1) is 17.1 Å². The standard InChI is InChI=1S/C19H20FN5O3/c1-12(18-15(20)10-16-19(22-18)27-9-8-26-16)25-6-4-14(5-7-25)28-17-3-2-13(11-21)23-24-17/h2-3,10,12,14H,4-9H2,1H3. The van der Waals surface area contributed by atoms with Crippen LogP contribution in [-0.2, 0) is 0 Å². The fraction of sp³-hybridized carbons (Fsp3) is 0.474. The van der Waals surface area contributed by atoms with Crippen molar-refractivity contribution < 1.29 is 18.6 Å². The second kappa shape index (κ2) is 7.94. The number of pyridine rings is 1. The van der Waals surface area contributed by atoms with Crippen LogP contribution in [0.25, 0.3) is 0 Å². The number of piperidine rings is 1. The molecule has 0 spiro atoms. The molecule has 0 N–H and O–H groups in total. The average Bonchev–Trinajstić information content (AvgIpc) is 2.74. The van der Waals surface area contributed by atoms with E-state index in [2.05, 4.69) is 20.1 Å². The number of hydrogen-bond donors (Lipinski definition) is 0. The van der Waals surface area contributed by atoms with Crippen LogP contribution < -0.4 is 14.2 Å². The number of aromatic nitrogens is 3. The molecule has 1 fully saturated rings. The molecule has 4 rings (SSSR count). The van der Waals surface area contributed by atoms with Gasteiger partial charge in [0, 0.05) is 25.2 Å². The molecule has 2 aliphatic heterocycles. The molecular formula is C19H20FN5O3. The highest BCUT2D eigenvalue weighted by Crippen LogP contribution is 2.34. The van der Waals surface area contributed by atoms with Gasteiger partial charge in [0.1, 0.15) is 31.2 Å². The van der Waals surface area contributed by atoms with Gasteiger partial charge in [-0.3, -0.25) is 4.90 Å². The molecule has 0 radical (unpaired) electrons. The van der Waals surface area contributed by atoms with E-state index >= 15 is 0 Å². The molecule has 8 nitrogen and oxygen atoms in total. The summed E-state index contributed by atoms with van der Waals surface area (Å²) in [5.74, 6) is 0.732. The van der Waals surface area contributed by atoms with Crippen molar-refractivity contribution >= 4 is 0 Å². The quantitative estimate of drug-likeness (QED) is 0.791. The zero-order chi connectivity index (χ0) is 19.5. The van der Waals surface area contributed by atoms with Gasteiger partial charge < -0.3 is 14.2 Å². The summed E-state index contributed by atoms with van der Waals surface area (Å²) in [4.78, 5) is 6.52. The summed E-state index contributed by atoms with van der Waals surface area (Å²) in [6.45, 7) is 4.24. The molecule has 1 saturated heterocycles. The summed E-state index contributed by atoms with van der Waals surface area (Å²) in [5, 5.41) is 16.4. The second-order valence-corrected chi connectivity index (χ2v) is 6.75. The highest BCUT2D eigenvalue weighted by molar-refractivity contribution is 5.37. The lowest BCUT2D eigenvalue weighted by Gasteiger charge is -2.35. The van der Waals surface area contributed by atoms with Crippen molar-refractivity contribution in [2.45, 2.75) is 31.9 Å². The molecule has 0 aliphatic carbocycles. The normalized spacial score (nSPS) is 18.3. The highest BCUT2D eigenvalue weighted by Gasteiger charge is 2.29. The number of likely N-dealkylation sites (tertiary alicyclic amines) is 1. The van der Waals surface area contributed by atoms with Crippen LogP contribution in [0.15, 0.2) is 18.2 Å². The Hall–Kier alpha value is -2.99. The lowest BCUT2D eigenvalue weighted by Crippen LogP contribution is -2.40.